The summed E-state index contributed by atoms with van der Waals surface area (Å²) < 4.78 is 29.0. The van der Waals surface area contributed by atoms with Crippen LogP contribution in [0.15, 0.2) is 17.2 Å². The van der Waals surface area contributed by atoms with Crippen LogP contribution in [0.2, 0.25) is 0 Å². The molecular weight excluding hydrogens is 316 g/mol. The molecule has 128 valence electrons. The molecule has 0 amide bonds. The fourth-order valence-corrected chi connectivity index (χ4v) is 5.90. The maximum atomic E-state index is 13.0. The van der Waals surface area contributed by atoms with Crippen LogP contribution in [-0.2, 0) is 17.1 Å². The maximum absolute atomic E-state index is 13.0. The highest BCUT2D eigenvalue weighted by molar-refractivity contribution is 7.89. The summed E-state index contributed by atoms with van der Waals surface area (Å²) in [5, 5.41) is 9.14. The number of aromatic nitrogens is 1. The quantitative estimate of drug-likeness (QED) is 0.913. The van der Waals surface area contributed by atoms with Crippen molar-refractivity contribution in [1.29, 1.82) is 0 Å². The second kappa shape index (κ2) is 6.28. The molecule has 0 radical (unpaired) electrons. The number of carboxylic acids is 1. The van der Waals surface area contributed by atoms with Crippen LogP contribution in [0.5, 0.6) is 0 Å². The van der Waals surface area contributed by atoms with Gasteiger partial charge in [-0.25, -0.2) is 13.2 Å². The lowest BCUT2D eigenvalue weighted by atomic mass is 9.83. The lowest BCUT2D eigenvalue weighted by Gasteiger charge is -2.33. The molecule has 1 saturated heterocycles. The molecule has 1 aliphatic heterocycles. The van der Waals surface area contributed by atoms with Gasteiger partial charge >= 0.3 is 5.97 Å². The van der Waals surface area contributed by atoms with Gasteiger partial charge in [-0.3, -0.25) is 0 Å². The van der Waals surface area contributed by atoms with Gasteiger partial charge in [-0.1, -0.05) is 19.3 Å². The van der Waals surface area contributed by atoms with Crippen molar-refractivity contribution in [2.45, 2.75) is 55.9 Å². The van der Waals surface area contributed by atoms with Crippen molar-refractivity contribution in [3.63, 3.8) is 0 Å². The van der Waals surface area contributed by atoms with Crippen LogP contribution < -0.4 is 0 Å². The van der Waals surface area contributed by atoms with Crippen LogP contribution in [0.25, 0.3) is 0 Å². The van der Waals surface area contributed by atoms with E-state index in [-0.39, 0.29) is 16.6 Å². The van der Waals surface area contributed by atoms with E-state index in [1.54, 1.807) is 11.4 Å². The molecule has 0 bridgehead atoms. The number of carboxylic acid groups (broad SMARTS) is 1. The van der Waals surface area contributed by atoms with E-state index in [2.05, 4.69) is 0 Å². The number of rotatable bonds is 4. The summed E-state index contributed by atoms with van der Waals surface area (Å²) in [6.07, 6.45) is 9.04. The van der Waals surface area contributed by atoms with Gasteiger partial charge in [0, 0.05) is 25.8 Å². The molecule has 23 heavy (non-hydrogen) atoms. The van der Waals surface area contributed by atoms with Crippen LogP contribution in [0, 0.1) is 5.92 Å². The Balaban J connectivity index is 1.88. The molecule has 1 saturated carbocycles. The van der Waals surface area contributed by atoms with E-state index >= 15 is 0 Å². The second-order valence-corrected chi connectivity index (χ2v) is 8.59. The fraction of sp³-hybridized carbons (Fsp3) is 0.688. The first-order valence-corrected chi connectivity index (χ1v) is 9.77. The third-order valence-corrected chi connectivity index (χ3v) is 7.14. The van der Waals surface area contributed by atoms with Gasteiger partial charge in [0.15, 0.2) is 0 Å². The first kappa shape index (κ1) is 16.5. The van der Waals surface area contributed by atoms with Gasteiger partial charge in [0.1, 0.15) is 10.6 Å². The first-order valence-electron chi connectivity index (χ1n) is 8.33. The molecule has 2 heterocycles. The number of hydrogen-bond acceptors (Lipinski definition) is 3. The third-order valence-electron chi connectivity index (χ3n) is 5.25. The largest absolute Gasteiger partial charge is 0.477 e. The van der Waals surface area contributed by atoms with Crippen molar-refractivity contribution in [3.05, 3.63) is 18.0 Å². The summed E-state index contributed by atoms with van der Waals surface area (Å²) in [5.41, 5.74) is -0.00279. The molecule has 1 N–H and O–H groups in total. The Labute approximate surface area is 137 Å². The van der Waals surface area contributed by atoms with Crippen LogP contribution in [-0.4, -0.2) is 41.0 Å². The zero-order chi connectivity index (χ0) is 16.6. The number of sulfonamides is 1. The Bertz CT molecular complexity index is 689. The Morgan fingerprint density at radius 2 is 1.87 bits per heavy atom. The summed E-state index contributed by atoms with van der Waals surface area (Å²) >= 11 is 0. The zero-order valence-electron chi connectivity index (χ0n) is 13.4. The van der Waals surface area contributed by atoms with Gasteiger partial charge in [-0.05, 0) is 37.7 Å². The smallest absolute Gasteiger partial charge is 0.352 e. The van der Waals surface area contributed by atoms with Crippen LogP contribution in [0.4, 0.5) is 0 Å². The number of aryl methyl sites for hydroxylation is 1. The van der Waals surface area contributed by atoms with Crippen molar-refractivity contribution < 1.29 is 18.3 Å². The van der Waals surface area contributed by atoms with E-state index in [1.165, 1.54) is 36.1 Å². The molecule has 1 aromatic heterocycles. The van der Waals surface area contributed by atoms with E-state index in [0.717, 1.165) is 25.7 Å². The number of aromatic carboxylic acids is 1. The Kier molecular flexibility index (Phi) is 4.51. The molecule has 3 rings (SSSR count). The normalized spacial score (nSPS) is 24.1. The topological polar surface area (TPSA) is 79.6 Å². The standard InChI is InChI=1S/C16H24N2O4S/c1-17-11-13(10-15(17)16(19)20)23(21,22)18-9-5-8-14(18)12-6-3-2-4-7-12/h10-12,14H,2-9H2,1H3,(H,19,20). The number of carbonyl (C=O) groups is 1. The minimum Gasteiger partial charge on any atom is -0.477 e. The SMILES string of the molecule is Cn1cc(S(=O)(=O)N2CCCC2C2CCCCC2)cc1C(=O)O. The molecular formula is C16H24N2O4S. The van der Waals surface area contributed by atoms with E-state index in [0.29, 0.717) is 12.5 Å². The molecule has 0 spiro atoms. The predicted octanol–water partition coefficient (Wildman–Crippen LogP) is 2.46. The molecule has 2 aliphatic rings. The molecule has 2 fully saturated rings. The van der Waals surface area contributed by atoms with Crippen LogP contribution in [0.3, 0.4) is 0 Å². The summed E-state index contributed by atoms with van der Waals surface area (Å²) in [4.78, 5) is 11.3. The van der Waals surface area contributed by atoms with Crippen molar-refractivity contribution in [2.24, 2.45) is 13.0 Å². The monoisotopic (exact) mass is 340 g/mol. The highest BCUT2D eigenvalue weighted by Gasteiger charge is 2.40. The molecule has 1 atom stereocenters. The van der Waals surface area contributed by atoms with Gasteiger partial charge in [-0.2, -0.15) is 4.31 Å². The Morgan fingerprint density at radius 3 is 2.48 bits per heavy atom. The van der Waals surface area contributed by atoms with E-state index in [9.17, 15) is 13.2 Å². The Morgan fingerprint density at radius 1 is 1.17 bits per heavy atom. The van der Waals surface area contributed by atoms with Gasteiger partial charge in [-0.15, -0.1) is 0 Å². The molecule has 7 heteroatoms. The van der Waals surface area contributed by atoms with Gasteiger partial charge in [0.2, 0.25) is 10.0 Å². The minimum atomic E-state index is -3.62. The maximum Gasteiger partial charge on any atom is 0.352 e. The first-order chi connectivity index (χ1) is 10.9. The highest BCUT2D eigenvalue weighted by atomic mass is 32.2. The van der Waals surface area contributed by atoms with Gasteiger partial charge < -0.3 is 9.67 Å². The average Bonchev–Trinajstić information content (AvgIpc) is 3.15. The lowest BCUT2D eigenvalue weighted by molar-refractivity contribution is 0.0686. The summed E-state index contributed by atoms with van der Waals surface area (Å²) in [7, 11) is -2.06. The van der Waals surface area contributed by atoms with Crippen molar-refractivity contribution >= 4 is 16.0 Å². The summed E-state index contributed by atoms with van der Waals surface area (Å²) in [5.74, 6) is -0.664. The lowest BCUT2D eigenvalue weighted by Crippen LogP contribution is -2.40. The van der Waals surface area contributed by atoms with E-state index in [1.807, 2.05) is 0 Å². The molecule has 1 unspecified atom stereocenters. The van der Waals surface area contributed by atoms with Crippen molar-refractivity contribution in [2.75, 3.05) is 6.54 Å². The number of hydrogen-bond donors (Lipinski definition) is 1. The molecule has 6 nitrogen and oxygen atoms in total. The molecule has 0 aromatic carbocycles. The fourth-order valence-electron chi connectivity index (χ4n) is 4.08. The average molecular weight is 340 g/mol. The van der Waals surface area contributed by atoms with Gasteiger partial charge in [0.25, 0.3) is 0 Å². The molecule has 1 aromatic rings. The van der Waals surface area contributed by atoms with E-state index in [4.69, 9.17) is 5.11 Å². The Hall–Kier alpha value is -1.34. The summed E-state index contributed by atoms with van der Waals surface area (Å²) in [6.45, 7) is 0.542. The van der Waals surface area contributed by atoms with Crippen molar-refractivity contribution in [1.82, 2.24) is 8.87 Å². The number of nitrogens with zero attached hydrogens (tertiary/aromatic N) is 2. The van der Waals surface area contributed by atoms with Gasteiger partial charge in [0.05, 0.1) is 0 Å². The predicted molar refractivity (Wildman–Crippen MR) is 85.9 cm³/mol. The molecule has 1 aliphatic carbocycles. The minimum absolute atomic E-state index is 0.00279. The van der Waals surface area contributed by atoms with Crippen LogP contribution in [0.1, 0.15) is 55.4 Å². The van der Waals surface area contributed by atoms with E-state index < -0.39 is 16.0 Å². The second-order valence-electron chi connectivity index (χ2n) is 6.70. The third kappa shape index (κ3) is 3.04. The van der Waals surface area contributed by atoms with Crippen molar-refractivity contribution in [3.8, 4) is 0 Å². The van der Waals surface area contributed by atoms with Crippen LogP contribution >= 0.6 is 0 Å². The highest BCUT2D eigenvalue weighted by Crippen LogP contribution is 2.37. The zero-order valence-corrected chi connectivity index (χ0v) is 14.3. The summed E-state index contributed by atoms with van der Waals surface area (Å²) in [6, 6.07) is 1.35.